The van der Waals surface area contributed by atoms with Gasteiger partial charge in [0.05, 0.1) is 13.0 Å². The van der Waals surface area contributed by atoms with Gasteiger partial charge in [0.25, 0.3) is 5.91 Å². The third-order valence-electron chi connectivity index (χ3n) is 3.58. The number of carbonyl (C=O) groups excluding carboxylic acids is 2. The number of methoxy groups -OCH3 is 1. The summed E-state index contributed by atoms with van der Waals surface area (Å²) in [5.74, 6) is 0.972. The minimum atomic E-state index is -0.181. The van der Waals surface area contributed by atoms with E-state index in [-0.39, 0.29) is 36.7 Å². The Hall–Kier alpha value is -1.99. The standard InChI is InChI=1S/C16H23N3O4.ClH/c1-3-18-15(20)10-23-13-5-4-11(6-14(13)22-2)7-19-16(21)12-8-17-9-12;/h4-6,12,17H,3,7-10H2,1-2H3,(H,18,20)(H,19,21);1H. The van der Waals surface area contributed by atoms with Crippen molar-refractivity contribution in [2.24, 2.45) is 5.92 Å². The van der Waals surface area contributed by atoms with Crippen molar-refractivity contribution in [1.29, 1.82) is 0 Å². The van der Waals surface area contributed by atoms with Crippen LogP contribution >= 0.6 is 12.4 Å². The Labute approximate surface area is 147 Å². The second-order valence-corrected chi connectivity index (χ2v) is 5.30. The number of halogens is 1. The lowest BCUT2D eigenvalue weighted by atomic mass is 10.0. The molecule has 1 saturated heterocycles. The van der Waals surface area contributed by atoms with E-state index in [1.54, 1.807) is 12.1 Å². The van der Waals surface area contributed by atoms with E-state index in [1.807, 2.05) is 13.0 Å². The summed E-state index contributed by atoms with van der Waals surface area (Å²) < 4.78 is 10.7. The highest BCUT2D eigenvalue weighted by Crippen LogP contribution is 2.28. The summed E-state index contributed by atoms with van der Waals surface area (Å²) in [5, 5.41) is 8.63. The maximum absolute atomic E-state index is 11.8. The molecule has 0 bridgehead atoms. The molecule has 1 aromatic rings. The first-order valence-electron chi connectivity index (χ1n) is 7.69. The van der Waals surface area contributed by atoms with Gasteiger partial charge in [-0.1, -0.05) is 6.07 Å². The topological polar surface area (TPSA) is 88.7 Å². The summed E-state index contributed by atoms with van der Waals surface area (Å²) in [4.78, 5) is 23.2. The number of hydrogen-bond donors (Lipinski definition) is 3. The van der Waals surface area contributed by atoms with Gasteiger partial charge in [0, 0.05) is 26.2 Å². The third kappa shape index (κ3) is 5.58. The highest BCUT2D eigenvalue weighted by molar-refractivity contribution is 5.85. The van der Waals surface area contributed by atoms with Crippen molar-refractivity contribution in [3.63, 3.8) is 0 Å². The van der Waals surface area contributed by atoms with E-state index in [4.69, 9.17) is 9.47 Å². The molecule has 1 aliphatic heterocycles. The van der Waals surface area contributed by atoms with E-state index in [2.05, 4.69) is 16.0 Å². The van der Waals surface area contributed by atoms with Crippen molar-refractivity contribution >= 4 is 24.2 Å². The Morgan fingerprint density at radius 2 is 2.00 bits per heavy atom. The predicted octanol–water partition coefficient (Wildman–Crippen LogP) is 0.468. The normalized spacial score (nSPS) is 13.2. The minimum absolute atomic E-state index is 0. The Kier molecular flexibility index (Phi) is 8.35. The van der Waals surface area contributed by atoms with Crippen molar-refractivity contribution in [3.05, 3.63) is 23.8 Å². The lowest BCUT2D eigenvalue weighted by Crippen LogP contribution is -2.50. The molecule has 3 N–H and O–H groups in total. The fourth-order valence-electron chi connectivity index (χ4n) is 2.14. The van der Waals surface area contributed by atoms with Gasteiger partial charge in [0.1, 0.15) is 0 Å². The molecule has 0 aromatic heterocycles. The summed E-state index contributed by atoms with van der Waals surface area (Å²) in [7, 11) is 1.54. The largest absolute Gasteiger partial charge is 0.493 e. The molecule has 8 heteroatoms. The quantitative estimate of drug-likeness (QED) is 0.629. The Morgan fingerprint density at radius 3 is 2.58 bits per heavy atom. The second-order valence-electron chi connectivity index (χ2n) is 5.30. The molecule has 1 aliphatic rings. The van der Waals surface area contributed by atoms with E-state index in [0.717, 1.165) is 18.7 Å². The highest BCUT2D eigenvalue weighted by Gasteiger charge is 2.24. The van der Waals surface area contributed by atoms with Crippen LogP contribution in [0.25, 0.3) is 0 Å². The number of carbonyl (C=O) groups is 2. The van der Waals surface area contributed by atoms with E-state index in [1.165, 1.54) is 7.11 Å². The van der Waals surface area contributed by atoms with Gasteiger partial charge < -0.3 is 25.4 Å². The monoisotopic (exact) mass is 357 g/mol. The molecule has 0 unspecified atom stereocenters. The van der Waals surface area contributed by atoms with Crippen LogP contribution in [-0.2, 0) is 16.1 Å². The Morgan fingerprint density at radius 1 is 1.25 bits per heavy atom. The molecule has 2 rings (SSSR count). The van der Waals surface area contributed by atoms with Crippen molar-refractivity contribution in [3.8, 4) is 11.5 Å². The van der Waals surface area contributed by atoms with Crippen LogP contribution < -0.4 is 25.4 Å². The summed E-state index contributed by atoms with van der Waals surface area (Å²) in [6.45, 7) is 4.26. The van der Waals surface area contributed by atoms with Crippen molar-refractivity contribution < 1.29 is 19.1 Å². The predicted molar refractivity (Wildman–Crippen MR) is 92.6 cm³/mol. The van der Waals surface area contributed by atoms with Crippen molar-refractivity contribution in [2.45, 2.75) is 13.5 Å². The third-order valence-corrected chi connectivity index (χ3v) is 3.58. The van der Waals surface area contributed by atoms with E-state index in [0.29, 0.717) is 24.6 Å². The van der Waals surface area contributed by atoms with E-state index < -0.39 is 0 Å². The lowest BCUT2D eigenvalue weighted by molar-refractivity contribution is -0.126. The Bertz CT molecular complexity index is 564. The number of likely N-dealkylation sites (N-methyl/N-ethyl adjacent to an activating group) is 1. The smallest absolute Gasteiger partial charge is 0.257 e. The molecule has 1 heterocycles. The molecular weight excluding hydrogens is 334 g/mol. The number of rotatable bonds is 8. The maximum atomic E-state index is 11.8. The van der Waals surface area contributed by atoms with Crippen LogP contribution in [-0.4, -0.2) is 45.2 Å². The number of benzene rings is 1. The average molecular weight is 358 g/mol. The molecule has 134 valence electrons. The maximum Gasteiger partial charge on any atom is 0.257 e. The number of ether oxygens (including phenoxy) is 2. The second kappa shape index (κ2) is 10.00. The van der Waals surface area contributed by atoms with Crippen LogP contribution in [0, 0.1) is 5.92 Å². The summed E-state index contributed by atoms with van der Waals surface area (Å²) in [5.41, 5.74) is 0.910. The van der Waals surface area contributed by atoms with Gasteiger partial charge in [-0.15, -0.1) is 12.4 Å². The zero-order valence-electron chi connectivity index (χ0n) is 13.9. The lowest BCUT2D eigenvalue weighted by Gasteiger charge is -2.25. The number of hydrogen-bond acceptors (Lipinski definition) is 5. The van der Waals surface area contributed by atoms with Crippen LogP contribution in [0.5, 0.6) is 11.5 Å². The molecule has 24 heavy (non-hydrogen) atoms. The molecule has 0 saturated carbocycles. The first kappa shape index (κ1) is 20.1. The summed E-state index contributed by atoms with van der Waals surface area (Å²) in [6.07, 6.45) is 0. The van der Waals surface area contributed by atoms with Gasteiger partial charge in [0.2, 0.25) is 5.91 Å². The van der Waals surface area contributed by atoms with Gasteiger partial charge >= 0.3 is 0 Å². The fourth-order valence-corrected chi connectivity index (χ4v) is 2.14. The van der Waals surface area contributed by atoms with Gasteiger partial charge in [-0.25, -0.2) is 0 Å². The fraction of sp³-hybridized carbons (Fsp3) is 0.500. The van der Waals surface area contributed by atoms with Crippen LogP contribution in [0.2, 0.25) is 0 Å². The van der Waals surface area contributed by atoms with Gasteiger partial charge in [0.15, 0.2) is 18.1 Å². The van der Waals surface area contributed by atoms with E-state index in [9.17, 15) is 9.59 Å². The summed E-state index contributed by atoms with van der Waals surface area (Å²) in [6, 6.07) is 5.38. The van der Waals surface area contributed by atoms with Gasteiger partial charge in [-0.05, 0) is 24.6 Å². The highest BCUT2D eigenvalue weighted by atomic mass is 35.5. The first-order chi connectivity index (χ1) is 11.1. The van der Waals surface area contributed by atoms with Crippen molar-refractivity contribution in [2.75, 3.05) is 33.4 Å². The van der Waals surface area contributed by atoms with Gasteiger partial charge in [-0.2, -0.15) is 0 Å². The van der Waals surface area contributed by atoms with Crippen molar-refractivity contribution in [1.82, 2.24) is 16.0 Å². The van der Waals surface area contributed by atoms with Crippen LogP contribution in [0.3, 0.4) is 0 Å². The zero-order chi connectivity index (χ0) is 16.7. The zero-order valence-corrected chi connectivity index (χ0v) is 14.7. The average Bonchev–Trinajstić information content (AvgIpc) is 2.49. The minimum Gasteiger partial charge on any atom is -0.493 e. The molecule has 0 atom stereocenters. The van der Waals surface area contributed by atoms with Crippen LogP contribution in [0.1, 0.15) is 12.5 Å². The molecule has 7 nitrogen and oxygen atoms in total. The number of amides is 2. The summed E-state index contributed by atoms with van der Waals surface area (Å²) >= 11 is 0. The first-order valence-corrected chi connectivity index (χ1v) is 7.69. The number of nitrogens with one attached hydrogen (secondary N) is 3. The van der Waals surface area contributed by atoms with E-state index >= 15 is 0 Å². The molecule has 0 aliphatic carbocycles. The van der Waals surface area contributed by atoms with Crippen LogP contribution in [0.4, 0.5) is 0 Å². The van der Waals surface area contributed by atoms with Crippen LogP contribution in [0.15, 0.2) is 18.2 Å². The molecule has 1 fully saturated rings. The van der Waals surface area contributed by atoms with Gasteiger partial charge in [-0.3, -0.25) is 9.59 Å². The molecule has 0 spiro atoms. The molecule has 1 aromatic carbocycles. The molecular formula is C16H24ClN3O4. The SMILES string of the molecule is CCNC(=O)COc1ccc(CNC(=O)C2CNC2)cc1OC.Cl. The molecule has 0 radical (unpaired) electrons. The Balaban J connectivity index is 0.00000288. The molecule has 2 amide bonds.